The van der Waals surface area contributed by atoms with Gasteiger partial charge in [-0.15, -0.1) is 0 Å². The summed E-state index contributed by atoms with van der Waals surface area (Å²) in [6.45, 7) is 6.04. The maximum absolute atomic E-state index is 5.93. The molecule has 2 N–H and O–H groups in total. The van der Waals surface area contributed by atoms with E-state index >= 15 is 0 Å². The number of nitrogens with two attached hydrogens (primary N) is 1. The van der Waals surface area contributed by atoms with Crippen LogP contribution in [0.5, 0.6) is 0 Å². The molecule has 0 heterocycles. The molecule has 0 saturated carbocycles. The molecular weight excluding hydrogens is 275 g/mol. The summed E-state index contributed by atoms with van der Waals surface area (Å²) in [7, 11) is 0. The molecule has 1 aromatic rings. The SMILES string of the molecule is CC(C)(C)N=C(N)SCc1ccc(Cl)c(Cl)c1. The van der Waals surface area contributed by atoms with E-state index in [1.54, 1.807) is 6.07 Å². The van der Waals surface area contributed by atoms with Crippen LogP contribution in [0.1, 0.15) is 26.3 Å². The van der Waals surface area contributed by atoms with Gasteiger partial charge < -0.3 is 5.73 Å². The van der Waals surface area contributed by atoms with Crippen molar-refractivity contribution in [3.63, 3.8) is 0 Å². The van der Waals surface area contributed by atoms with Gasteiger partial charge in [-0.25, -0.2) is 0 Å². The third-order valence-electron chi connectivity index (χ3n) is 1.82. The molecule has 0 fully saturated rings. The predicted octanol–water partition coefficient (Wildman–Crippen LogP) is 4.34. The Bertz CT molecular complexity index is 425. The van der Waals surface area contributed by atoms with Crippen LogP contribution in [0.3, 0.4) is 0 Å². The van der Waals surface area contributed by atoms with E-state index in [1.165, 1.54) is 11.8 Å². The second kappa shape index (κ2) is 5.98. The summed E-state index contributed by atoms with van der Waals surface area (Å²) in [4.78, 5) is 4.36. The predicted molar refractivity (Wildman–Crippen MR) is 79.1 cm³/mol. The zero-order valence-corrected chi connectivity index (χ0v) is 12.5. The maximum atomic E-state index is 5.93. The van der Waals surface area contributed by atoms with Gasteiger partial charge in [0.1, 0.15) is 0 Å². The lowest BCUT2D eigenvalue weighted by Gasteiger charge is -2.13. The topological polar surface area (TPSA) is 38.4 Å². The summed E-state index contributed by atoms with van der Waals surface area (Å²) in [5.74, 6) is 0.738. The van der Waals surface area contributed by atoms with E-state index in [4.69, 9.17) is 28.9 Å². The number of benzene rings is 1. The fraction of sp³-hybridized carbons (Fsp3) is 0.417. The lowest BCUT2D eigenvalue weighted by Crippen LogP contribution is -2.17. The van der Waals surface area contributed by atoms with Gasteiger partial charge in [0.2, 0.25) is 0 Å². The van der Waals surface area contributed by atoms with E-state index in [9.17, 15) is 0 Å². The Balaban J connectivity index is 2.62. The normalized spacial score (nSPS) is 12.9. The monoisotopic (exact) mass is 290 g/mol. The zero-order chi connectivity index (χ0) is 13.1. The number of hydrogen-bond acceptors (Lipinski definition) is 2. The highest BCUT2D eigenvalue weighted by atomic mass is 35.5. The van der Waals surface area contributed by atoms with E-state index in [0.717, 1.165) is 11.3 Å². The van der Waals surface area contributed by atoms with Gasteiger partial charge in [-0.1, -0.05) is 41.0 Å². The van der Waals surface area contributed by atoms with Crippen LogP contribution >= 0.6 is 35.0 Å². The third-order valence-corrected chi connectivity index (χ3v) is 3.42. The first-order valence-corrected chi connectivity index (χ1v) is 6.94. The van der Waals surface area contributed by atoms with Crippen LogP contribution in [-0.2, 0) is 5.75 Å². The molecule has 0 aliphatic carbocycles. The molecule has 94 valence electrons. The first-order valence-electron chi connectivity index (χ1n) is 5.20. The third kappa shape index (κ3) is 5.66. The van der Waals surface area contributed by atoms with Crippen LogP contribution in [0, 0.1) is 0 Å². The standard InChI is InChI=1S/C12H16Cl2N2S/c1-12(2,3)16-11(15)17-7-8-4-5-9(13)10(14)6-8/h4-6H,7H2,1-3H3,(H2,15,16). The largest absolute Gasteiger partial charge is 0.379 e. The van der Waals surface area contributed by atoms with Crippen LogP contribution in [0.15, 0.2) is 23.2 Å². The second-order valence-electron chi connectivity index (χ2n) is 4.66. The van der Waals surface area contributed by atoms with E-state index < -0.39 is 0 Å². The van der Waals surface area contributed by atoms with Crippen molar-refractivity contribution >= 4 is 40.1 Å². The molecular formula is C12H16Cl2N2S. The van der Waals surface area contributed by atoms with Crippen LogP contribution in [0.2, 0.25) is 10.0 Å². The number of aliphatic imine (C=N–C) groups is 1. The van der Waals surface area contributed by atoms with Crippen molar-refractivity contribution in [2.24, 2.45) is 10.7 Å². The maximum Gasteiger partial charge on any atom is 0.154 e. The molecule has 2 nitrogen and oxygen atoms in total. The number of nitrogens with zero attached hydrogens (tertiary/aromatic N) is 1. The van der Waals surface area contributed by atoms with Crippen LogP contribution in [-0.4, -0.2) is 10.7 Å². The van der Waals surface area contributed by atoms with Crippen LogP contribution in [0.4, 0.5) is 0 Å². The van der Waals surface area contributed by atoms with Gasteiger partial charge in [-0.2, -0.15) is 0 Å². The Morgan fingerprint density at radius 2 is 1.94 bits per heavy atom. The summed E-state index contributed by atoms with van der Waals surface area (Å²) in [6.07, 6.45) is 0. The minimum atomic E-state index is -0.144. The summed E-state index contributed by atoms with van der Waals surface area (Å²) >= 11 is 13.3. The fourth-order valence-corrected chi connectivity index (χ4v) is 2.30. The van der Waals surface area contributed by atoms with Crippen molar-refractivity contribution < 1.29 is 0 Å². The quantitative estimate of drug-likeness (QED) is 0.650. The zero-order valence-electron chi connectivity index (χ0n) is 10.1. The number of halogens is 2. The molecule has 1 aromatic carbocycles. The molecule has 0 aliphatic heterocycles. The van der Waals surface area contributed by atoms with Gasteiger partial charge in [-0.05, 0) is 38.5 Å². The fourth-order valence-electron chi connectivity index (χ4n) is 1.15. The smallest absolute Gasteiger partial charge is 0.154 e. The molecule has 17 heavy (non-hydrogen) atoms. The lowest BCUT2D eigenvalue weighted by molar-refractivity contribution is 0.585. The molecule has 5 heteroatoms. The van der Waals surface area contributed by atoms with Crippen LogP contribution < -0.4 is 5.73 Å². The first kappa shape index (κ1) is 14.7. The molecule has 0 bridgehead atoms. The van der Waals surface area contributed by atoms with E-state index in [1.807, 2.05) is 32.9 Å². The van der Waals surface area contributed by atoms with Crippen molar-refractivity contribution in [2.75, 3.05) is 0 Å². The van der Waals surface area contributed by atoms with E-state index in [-0.39, 0.29) is 5.54 Å². The number of amidine groups is 1. The minimum absolute atomic E-state index is 0.144. The van der Waals surface area contributed by atoms with Crippen molar-refractivity contribution in [3.8, 4) is 0 Å². The van der Waals surface area contributed by atoms with Gasteiger partial charge in [0.05, 0.1) is 15.6 Å². The van der Waals surface area contributed by atoms with E-state index in [2.05, 4.69) is 4.99 Å². The highest BCUT2D eigenvalue weighted by Gasteiger charge is 2.08. The molecule has 0 unspecified atom stereocenters. The van der Waals surface area contributed by atoms with Crippen molar-refractivity contribution in [1.29, 1.82) is 0 Å². The highest BCUT2D eigenvalue weighted by molar-refractivity contribution is 8.13. The lowest BCUT2D eigenvalue weighted by atomic mass is 10.1. The molecule has 0 aromatic heterocycles. The molecule has 0 amide bonds. The molecule has 1 rings (SSSR count). The van der Waals surface area contributed by atoms with Gasteiger partial charge in [0.25, 0.3) is 0 Å². The Kier molecular flexibility index (Phi) is 5.17. The Labute approximate surface area is 117 Å². The first-order chi connectivity index (χ1) is 7.78. The van der Waals surface area contributed by atoms with Crippen molar-refractivity contribution in [2.45, 2.75) is 32.1 Å². The van der Waals surface area contributed by atoms with Gasteiger partial charge in [-0.3, -0.25) is 4.99 Å². The summed E-state index contributed by atoms with van der Waals surface area (Å²) in [6, 6.07) is 5.57. The number of thioether (sulfide) groups is 1. The molecule has 0 radical (unpaired) electrons. The Hall–Kier alpha value is -0.380. The number of hydrogen-bond donors (Lipinski definition) is 1. The average molecular weight is 291 g/mol. The second-order valence-corrected chi connectivity index (χ2v) is 6.47. The summed E-state index contributed by atoms with van der Waals surface area (Å²) in [5.41, 5.74) is 6.77. The van der Waals surface area contributed by atoms with Gasteiger partial charge in [0.15, 0.2) is 5.17 Å². The van der Waals surface area contributed by atoms with Crippen molar-refractivity contribution in [1.82, 2.24) is 0 Å². The van der Waals surface area contributed by atoms with Gasteiger partial charge in [0, 0.05) is 5.75 Å². The summed E-state index contributed by atoms with van der Waals surface area (Å²) < 4.78 is 0. The summed E-state index contributed by atoms with van der Waals surface area (Å²) in [5, 5.41) is 1.72. The minimum Gasteiger partial charge on any atom is -0.379 e. The number of rotatable bonds is 2. The average Bonchev–Trinajstić information content (AvgIpc) is 2.17. The molecule has 0 saturated heterocycles. The molecule has 0 aliphatic rings. The van der Waals surface area contributed by atoms with E-state index in [0.29, 0.717) is 15.2 Å². The molecule has 0 atom stereocenters. The van der Waals surface area contributed by atoms with Gasteiger partial charge >= 0.3 is 0 Å². The highest BCUT2D eigenvalue weighted by Crippen LogP contribution is 2.24. The molecule has 0 spiro atoms. The Morgan fingerprint density at radius 1 is 1.29 bits per heavy atom. The van der Waals surface area contributed by atoms with Crippen LogP contribution in [0.25, 0.3) is 0 Å². The Morgan fingerprint density at radius 3 is 2.47 bits per heavy atom. The van der Waals surface area contributed by atoms with Crippen molar-refractivity contribution in [3.05, 3.63) is 33.8 Å².